The lowest BCUT2D eigenvalue weighted by atomic mass is 9.84. The summed E-state index contributed by atoms with van der Waals surface area (Å²) < 4.78 is 1.09. The van der Waals surface area contributed by atoms with E-state index in [2.05, 4.69) is 22.0 Å². The van der Waals surface area contributed by atoms with Crippen LogP contribution in [0.15, 0.2) is 15.9 Å². The Bertz CT molecular complexity index is 289. The van der Waals surface area contributed by atoms with Gasteiger partial charge in [-0.1, -0.05) is 19.3 Å². The van der Waals surface area contributed by atoms with E-state index in [0.717, 1.165) is 35.0 Å². The highest BCUT2D eigenvalue weighted by atomic mass is 79.9. The second-order valence-corrected chi connectivity index (χ2v) is 5.55. The molecule has 2 rings (SSSR count). The highest BCUT2D eigenvalue weighted by Gasteiger charge is 2.32. The second-order valence-electron chi connectivity index (χ2n) is 3.72. The zero-order chi connectivity index (χ0) is 9.31. The van der Waals surface area contributed by atoms with Crippen LogP contribution in [0.3, 0.4) is 0 Å². The monoisotopic (exact) mass is 260 g/mol. The van der Waals surface area contributed by atoms with Gasteiger partial charge in [-0.05, 0) is 34.8 Å². The number of aliphatic hydroxyl groups is 1. The molecule has 0 amide bonds. The number of hydrogen-bond acceptors (Lipinski definition) is 2. The molecule has 0 saturated heterocycles. The molecule has 13 heavy (non-hydrogen) atoms. The van der Waals surface area contributed by atoms with Gasteiger partial charge in [-0.3, -0.25) is 0 Å². The van der Waals surface area contributed by atoms with Crippen molar-refractivity contribution in [2.24, 2.45) is 0 Å². The van der Waals surface area contributed by atoms with Gasteiger partial charge in [0.15, 0.2) is 0 Å². The molecule has 1 saturated carbocycles. The molecule has 1 aromatic heterocycles. The third-order valence-corrected chi connectivity index (χ3v) is 4.59. The topological polar surface area (TPSA) is 20.2 Å². The van der Waals surface area contributed by atoms with Crippen molar-refractivity contribution < 1.29 is 5.11 Å². The van der Waals surface area contributed by atoms with Crippen LogP contribution in [-0.4, -0.2) is 5.11 Å². The minimum atomic E-state index is -0.519. The smallest absolute Gasteiger partial charge is 0.0988 e. The van der Waals surface area contributed by atoms with Gasteiger partial charge < -0.3 is 5.11 Å². The number of hydrogen-bond donors (Lipinski definition) is 1. The molecule has 1 N–H and O–H groups in total. The average Bonchev–Trinajstić information content (AvgIpc) is 2.54. The van der Waals surface area contributed by atoms with E-state index in [1.165, 1.54) is 6.42 Å². The minimum absolute atomic E-state index is 0.519. The molecule has 0 bridgehead atoms. The number of halogens is 1. The summed E-state index contributed by atoms with van der Waals surface area (Å²) in [4.78, 5) is 1.12. The summed E-state index contributed by atoms with van der Waals surface area (Å²) in [5, 5.41) is 12.4. The molecule has 72 valence electrons. The van der Waals surface area contributed by atoms with E-state index >= 15 is 0 Å². The molecule has 0 atom stereocenters. The van der Waals surface area contributed by atoms with E-state index in [4.69, 9.17) is 0 Å². The van der Waals surface area contributed by atoms with Crippen molar-refractivity contribution in [3.63, 3.8) is 0 Å². The van der Waals surface area contributed by atoms with Crippen LogP contribution in [-0.2, 0) is 5.60 Å². The van der Waals surface area contributed by atoms with Crippen LogP contribution in [0.25, 0.3) is 0 Å². The Morgan fingerprint density at radius 1 is 1.31 bits per heavy atom. The summed E-state index contributed by atoms with van der Waals surface area (Å²) in [6, 6.07) is 2.05. The fourth-order valence-electron chi connectivity index (χ4n) is 1.94. The molecule has 0 spiro atoms. The van der Waals surface area contributed by atoms with Crippen molar-refractivity contribution >= 4 is 27.3 Å². The van der Waals surface area contributed by atoms with E-state index in [1.807, 2.05) is 5.38 Å². The van der Waals surface area contributed by atoms with Crippen LogP contribution in [0.5, 0.6) is 0 Å². The molecule has 0 aliphatic heterocycles. The molecular formula is C10H13BrOS. The normalized spacial score (nSPS) is 21.7. The molecule has 1 fully saturated rings. The van der Waals surface area contributed by atoms with Crippen molar-refractivity contribution in [2.45, 2.75) is 37.7 Å². The van der Waals surface area contributed by atoms with Crippen molar-refractivity contribution in [3.8, 4) is 0 Å². The molecule has 0 unspecified atom stereocenters. The van der Waals surface area contributed by atoms with Gasteiger partial charge in [-0.25, -0.2) is 0 Å². The molecule has 1 nitrogen and oxygen atoms in total. The highest BCUT2D eigenvalue weighted by Crippen LogP contribution is 2.40. The Kier molecular flexibility index (Phi) is 2.77. The molecule has 0 radical (unpaired) electrons. The van der Waals surface area contributed by atoms with E-state index in [1.54, 1.807) is 11.3 Å². The van der Waals surface area contributed by atoms with E-state index in [0.29, 0.717) is 0 Å². The molecule has 3 heteroatoms. The Labute approximate surface area is 90.9 Å². The van der Waals surface area contributed by atoms with E-state index in [9.17, 15) is 5.11 Å². The summed E-state index contributed by atoms with van der Waals surface area (Å²) in [5.41, 5.74) is -0.519. The third kappa shape index (κ3) is 1.97. The summed E-state index contributed by atoms with van der Waals surface area (Å²) in [7, 11) is 0. The Morgan fingerprint density at radius 3 is 2.54 bits per heavy atom. The second kappa shape index (κ2) is 3.71. The Hall–Kier alpha value is 0.140. The van der Waals surface area contributed by atoms with Crippen LogP contribution in [0.2, 0.25) is 0 Å². The molecule has 1 aliphatic carbocycles. The van der Waals surface area contributed by atoms with Crippen LogP contribution < -0.4 is 0 Å². The fourth-order valence-corrected chi connectivity index (χ4v) is 3.53. The minimum Gasteiger partial charge on any atom is -0.384 e. The van der Waals surface area contributed by atoms with E-state index in [-0.39, 0.29) is 0 Å². The average molecular weight is 261 g/mol. The Morgan fingerprint density at radius 2 is 2.00 bits per heavy atom. The van der Waals surface area contributed by atoms with Crippen LogP contribution in [0, 0.1) is 0 Å². The molecular weight excluding hydrogens is 248 g/mol. The zero-order valence-electron chi connectivity index (χ0n) is 7.42. The van der Waals surface area contributed by atoms with Crippen molar-refractivity contribution in [2.75, 3.05) is 0 Å². The third-order valence-electron chi connectivity index (χ3n) is 2.71. The van der Waals surface area contributed by atoms with E-state index < -0.39 is 5.60 Å². The molecule has 1 heterocycles. The summed E-state index contributed by atoms with van der Waals surface area (Å²) >= 11 is 5.08. The lowest BCUT2D eigenvalue weighted by Gasteiger charge is -2.30. The lowest BCUT2D eigenvalue weighted by molar-refractivity contribution is 0.00280. The van der Waals surface area contributed by atoms with Crippen molar-refractivity contribution in [1.29, 1.82) is 0 Å². The van der Waals surface area contributed by atoms with Gasteiger partial charge >= 0.3 is 0 Å². The van der Waals surface area contributed by atoms with Gasteiger partial charge in [0.2, 0.25) is 0 Å². The highest BCUT2D eigenvalue weighted by molar-refractivity contribution is 9.10. The maximum absolute atomic E-state index is 10.3. The zero-order valence-corrected chi connectivity index (χ0v) is 9.83. The fraction of sp³-hybridized carbons (Fsp3) is 0.600. The summed E-state index contributed by atoms with van der Waals surface area (Å²) in [6.45, 7) is 0. The largest absolute Gasteiger partial charge is 0.384 e. The predicted molar refractivity (Wildman–Crippen MR) is 59.0 cm³/mol. The number of rotatable bonds is 1. The standard InChI is InChI=1S/C10H13BrOS/c11-8-6-9(13-7-8)10(12)4-2-1-3-5-10/h6-7,12H,1-5H2. The summed E-state index contributed by atoms with van der Waals surface area (Å²) in [6.07, 6.45) is 5.45. The predicted octanol–water partition coefficient (Wildman–Crippen LogP) is 3.66. The van der Waals surface area contributed by atoms with Gasteiger partial charge in [0.25, 0.3) is 0 Å². The SMILES string of the molecule is OC1(c2cc(Br)cs2)CCCCC1. The van der Waals surface area contributed by atoms with Gasteiger partial charge in [0.1, 0.15) is 0 Å². The molecule has 1 aromatic rings. The van der Waals surface area contributed by atoms with Crippen LogP contribution >= 0.6 is 27.3 Å². The van der Waals surface area contributed by atoms with Crippen molar-refractivity contribution in [1.82, 2.24) is 0 Å². The first-order valence-electron chi connectivity index (χ1n) is 4.68. The summed E-state index contributed by atoms with van der Waals surface area (Å²) in [5.74, 6) is 0. The first-order valence-corrected chi connectivity index (χ1v) is 6.35. The van der Waals surface area contributed by atoms with Crippen molar-refractivity contribution in [3.05, 3.63) is 20.8 Å². The quantitative estimate of drug-likeness (QED) is 0.817. The van der Waals surface area contributed by atoms with Crippen LogP contribution in [0.4, 0.5) is 0 Å². The molecule has 0 aromatic carbocycles. The van der Waals surface area contributed by atoms with Crippen LogP contribution in [0.1, 0.15) is 37.0 Å². The van der Waals surface area contributed by atoms with Gasteiger partial charge in [-0.15, -0.1) is 11.3 Å². The van der Waals surface area contributed by atoms with Gasteiger partial charge in [0, 0.05) is 14.7 Å². The first kappa shape index (κ1) is 9.69. The molecule has 1 aliphatic rings. The first-order chi connectivity index (χ1) is 6.21. The van der Waals surface area contributed by atoms with Gasteiger partial charge in [-0.2, -0.15) is 0 Å². The maximum Gasteiger partial charge on any atom is 0.0988 e. The maximum atomic E-state index is 10.3. The Balaban J connectivity index is 2.22. The lowest BCUT2D eigenvalue weighted by Crippen LogP contribution is -2.27. The van der Waals surface area contributed by atoms with Gasteiger partial charge in [0.05, 0.1) is 5.60 Å². The number of thiophene rings is 1.